The first kappa shape index (κ1) is 20.7. The molecule has 4 rings (SSSR count). The predicted octanol–water partition coefficient (Wildman–Crippen LogP) is 4.14. The highest BCUT2D eigenvalue weighted by Crippen LogP contribution is 2.31. The summed E-state index contributed by atoms with van der Waals surface area (Å²) in [7, 11) is 0. The number of aryl methyl sites for hydroxylation is 1. The summed E-state index contributed by atoms with van der Waals surface area (Å²) in [5.74, 6) is 2.41. The highest BCUT2D eigenvalue weighted by Gasteiger charge is 2.10. The molecule has 0 unspecified atom stereocenters. The van der Waals surface area contributed by atoms with E-state index >= 15 is 0 Å². The van der Waals surface area contributed by atoms with Crippen LogP contribution in [0.5, 0.6) is 0 Å². The summed E-state index contributed by atoms with van der Waals surface area (Å²) in [5.41, 5.74) is 1.01. The fraction of sp³-hybridized carbons (Fsp3) is 0.364. The number of hydrogen-bond donors (Lipinski definition) is 3. The van der Waals surface area contributed by atoms with E-state index in [2.05, 4.69) is 62.1 Å². The summed E-state index contributed by atoms with van der Waals surface area (Å²) in [4.78, 5) is 9.52. The molecule has 0 aliphatic carbocycles. The van der Waals surface area contributed by atoms with Crippen LogP contribution in [0.15, 0.2) is 58.3 Å². The lowest BCUT2D eigenvalue weighted by Gasteiger charge is -2.26. The van der Waals surface area contributed by atoms with E-state index in [4.69, 9.17) is 9.72 Å². The number of hydrogen-bond acceptors (Lipinski definition) is 7. The van der Waals surface area contributed by atoms with Crippen LogP contribution in [0.25, 0.3) is 0 Å². The van der Waals surface area contributed by atoms with Crippen LogP contribution in [0.2, 0.25) is 0 Å². The Hall–Kier alpha value is -2.55. The maximum Gasteiger partial charge on any atom is 0.153 e. The van der Waals surface area contributed by atoms with Crippen LogP contribution in [0, 0.1) is 6.92 Å². The van der Waals surface area contributed by atoms with Gasteiger partial charge < -0.3 is 15.4 Å². The average Bonchev–Trinajstić information content (AvgIpc) is 3.17. The Labute approximate surface area is 181 Å². The van der Waals surface area contributed by atoms with Crippen LogP contribution in [0.1, 0.15) is 12.1 Å². The largest absolute Gasteiger partial charge is 0.379 e. The Kier molecular flexibility index (Phi) is 7.23. The van der Waals surface area contributed by atoms with Gasteiger partial charge in [0, 0.05) is 41.2 Å². The van der Waals surface area contributed by atoms with Crippen LogP contribution in [-0.2, 0) is 4.74 Å². The summed E-state index contributed by atoms with van der Waals surface area (Å²) in [6.45, 7) is 7.67. The van der Waals surface area contributed by atoms with E-state index in [9.17, 15) is 0 Å². The molecule has 30 heavy (non-hydrogen) atoms. The number of nitrogens with zero attached hydrogens (tertiary/aromatic N) is 3. The van der Waals surface area contributed by atoms with Gasteiger partial charge in [0.1, 0.15) is 11.6 Å². The lowest BCUT2D eigenvalue weighted by atomic mass is 10.3. The fourth-order valence-corrected chi connectivity index (χ4v) is 4.21. The van der Waals surface area contributed by atoms with Gasteiger partial charge in [-0.2, -0.15) is 5.10 Å². The lowest BCUT2D eigenvalue weighted by Crippen LogP contribution is -2.37. The number of pyridine rings is 1. The molecule has 158 valence electrons. The zero-order valence-corrected chi connectivity index (χ0v) is 18.0. The fourth-order valence-electron chi connectivity index (χ4n) is 3.30. The van der Waals surface area contributed by atoms with Gasteiger partial charge in [0.2, 0.25) is 0 Å². The van der Waals surface area contributed by atoms with E-state index in [1.807, 2.05) is 19.1 Å². The van der Waals surface area contributed by atoms with Crippen molar-refractivity contribution in [3.63, 3.8) is 0 Å². The standard InChI is InChI=1S/C22H28N6OS/c1-17-14-22(27-26-17)25-21-16-19(30-18-6-3-2-4-7-18)15-20(24-21)23-8-5-9-28-10-12-29-13-11-28/h2-4,6-7,14-16H,5,8-13H2,1H3,(H3,23,24,25,26,27). The van der Waals surface area contributed by atoms with Crippen LogP contribution in [-0.4, -0.2) is 59.5 Å². The minimum atomic E-state index is 0.764. The molecular weight excluding hydrogens is 396 g/mol. The Bertz CT molecular complexity index is 926. The third-order valence-electron chi connectivity index (χ3n) is 4.80. The van der Waals surface area contributed by atoms with Gasteiger partial charge in [0.25, 0.3) is 0 Å². The van der Waals surface area contributed by atoms with Crippen LogP contribution in [0.4, 0.5) is 17.5 Å². The van der Waals surface area contributed by atoms with E-state index in [1.165, 1.54) is 4.90 Å². The number of ether oxygens (including phenoxy) is 1. The minimum Gasteiger partial charge on any atom is -0.379 e. The maximum atomic E-state index is 5.42. The average molecular weight is 425 g/mol. The first-order valence-electron chi connectivity index (χ1n) is 10.3. The van der Waals surface area contributed by atoms with Crippen molar-refractivity contribution in [3.05, 3.63) is 54.2 Å². The molecule has 1 saturated heterocycles. The summed E-state index contributed by atoms with van der Waals surface area (Å²) >= 11 is 1.72. The second-order valence-corrected chi connectivity index (χ2v) is 8.43. The summed E-state index contributed by atoms with van der Waals surface area (Å²) in [6, 6.07) is 16.5. The molecule has 1 fully saturated rings. The van der Waals surface area contributed by atoms with Gasteiger partial charge in [-0.1, -0.05) is 30.0 Å². The molecular formula is C22H28N6OS. The van der Waals surface area contributed by atoms with E-state index in [0.29, 0.717) is 0 Å². The molecule has 1 aliphatic rings. The third-order valence-corrected chi connectivity index (χ3v) is 5.78. The monoisotopic (exact) mass is 424 g/mol. The van der Waals surface area contributed by atoms with Gasteiger partial charge in [-0.05, 0) is 44.2 Å². The minimum absolute atomic E-state index is 0.764. The van der Waals surface area contributed by atoms with E-state index in [0.717, 1.165) is 73.9 Å². The number of nitrogens with one attached hydrogen (secondary N) is 3. The Morgan fingerprint density at radius 1 is 1.03 bits per heavy atom. The van der Waals surface area contributed by atoms with Crippen molar-refractivity contribution >= 4 is 29.2 Å². The second kappa shape index (κ2) is 10.5. The topological polar surface area (TPSA) is 78.1 Å². The summed E-state index contributed by atoms with van der Waals surface area (Å²) in [6.07, 6.45) is 1.07. The first-order valence-corrected chi connectivity index (χ1v) is 11.1. The Morgan fingerprint density at radius 2 is 1.83 bits per heavy atom. The smallest absolute Gasteiger partial charge is 0.153 e. The number of morpholine rings is 1. The molecule has 3 heterocycles. The zero-order valence-electron chi connectivity index (χ0n) is 17.2. The molecule has 2 aromatic heterocycles. The van der Waals surface area contributed by atoms with Crippen molar-refractivity contribution in [1.29, 1.82) is 0 Å². The molecule has 0 bridgehead atoms. The summed E-state index contributed by atoms with van der Waals surface area (Å²) < 4.78 is 5.42. The molecule has 0 amide bonds. The van der Waals surface area contributed by atoms with Crippen LogP contribution >= 0.6 is 11.8 Å². The molecule has 0 atom stereocenters. The van der Waals surface area contributed by atoms with Crippen molar-refractivity contribution in [1.82, 2.24) is 20.1 Å². The number of aromatic amines is 1. The van der Waals surface area contributed by atoms with Crippen molar-refractivity contribution in [2.45, 2.75) is 23.1 Å². The van der Waals surface area contributed by atoms with Crippen LogP contribution < -0.4 is 10.6 Å². The van der Waals surface area contributed by atoms with Crippen molar-refractivity contribution < 1.29 is 4.74 Å². The van der Waals surface area contributed by atoms with Gasteiger partial charge >= 0.3 is 0 Å². The van der Waals surface area contributed by atoms with Gasteiger partial charge in [-0.3, -0.25) is 10.00 Å². The van der Waals surface area contributed by atoms with Crippen molar-refractivity contribution in [2.75, 3.05) is 50.0 Å². The highest BCUT2D eigenvalue weighted by atomic mass is 32.2. The molecule has 8 heteroatoms. The number of benzene rings is 1. The molecule has 0 spiro atoms. The molecule has 0 radical (unpaired) electrons. The Balaban J connectivity index is 1.42. The molecule has 3 aromatic rings. The molecule has 1 aliphatic heterocycles. The predicted molar refractivity (Wildman–Crippen MR) is 122 cm³/mol. The van der Waals surface area contributed by atoms with Crippen molar-refractivity contribution in [2.24, 2.45) is 0 Å². The zero-order chi connectivity index (χ0) is 20.6. The highest BCUT2D eigenvalue weighted by molar-refractivity contribution is 7.99. The summed E-state index contributed by atoms with van der Waals surface area (Å²) in [5, 5.41) is 14.0. The van der Waals surface area contributed by atoms with Gasteiger partial charge in [0.15, 0.2) is 5.82 Å². The molecule has 7 nitrogen and oxygen atoms in total. The second-order valence-electron chi connectivity index (χ2n) is 7.28. The van der Waals surface area contributed by atoms with E-state index < -0.39 is 0 Å². The molecule has 0 saturated carbocycles. The van der Waals surface area contributed by atoms with E-state index in [1.54, 1.807) is 11.8 Å². The van der Waals surface area contributed by atoms with Crippen molar-refractivity contribution in [3.8, 4) is 0 Å². The normalized spacial score (nSPS) is 14.6. The molecule has 1 aromatic carbocycles. The first-order chi connectivity index (χ1) is 14.7. The maximum absolute atomic E-state index is 5.42. The molecule has 3 N–H and O–H groups in total. The van der Waals surface area contributed by atoms with Gasteiger partial charge in [-0.15, -0.1) is 0 Å². The SMILES string of the molecule is Cc1cc(Nc2cc(Sc3ccccc3)cc(NCCCN3CCOCC3)n2)n[nH]1. The number of anilines is 3. The third kappa shape index (κ3) is 6.22. The lowest BCUT2D eigenvalue weighted by molar-refractivity contribution is 0.0378. The number of H-pyrrole nitrogens is 1. The van der Waals surface area contributed by atoms with E-state index in [-0.39, 0.29) is 0 Å². The van der Waals surface area contributed by atoms with Gasteiger partial charge in [-0.25, -0.2) is 4.98 Å². The number of rotatable bonds is 9. The quantitative estimate of drug-likeness (QED) is 0.446. The number of aromatic nitrogens is 3. The van der Waals surface area contributed by atoms with Crippen LogP contribution in [0.3, 0.4) is 0 Å². The van der Waals surface area contributed by atoms with Gasteiger partial charge in [0.05, 0.1) is 13.2 Å². The Morgan fingerprint density at radius 3 is 2.60 bits per heavy atom.